The zero-order valence-corrected chi connectivity index (χ0v) is 18.7. The number of aliphatic hydroxyl groups excluding tert-OH is 4. The summed E-state index contributed by atoms with van der Waals surface area (Å²) in [6.45, 7) is 3.44. The number of aliphatic carboxylic acids is 2. The topological polar surface area (TPSA) is 230 Å². The minimum absolute atomic E-state index is 0.0451. The number of aromatic carboxylic acids is 2. The SMILES string of the molecule is CC(C)(CO)CO.O=C(O)CCCCC(=O)O.O=C(O)c1ccc(C(=O)O)cc1.OCCO. The molecule has 1 rings (SSSR count). The highest BCUT2D eigenvalue weighted by Gasteiger charge is 2.13. The van der Waals surface area contributed by atoms with E-state index < -0.39 is 23.9 Å². The Balaban J connectivity index is -0.000000389. The third-order valence-electron chi connectivity index (χ3n) is 3.37. The maximum absolute atomic E-state index is 10.3. The van der Waals surface area contributed by atoms with E-state index in [0.717, 1.165) is 0 Å². The van der Waals surface area contributed by atoms with Crippen molar-refractivity contribution in [2.75, 3.05) is 26.4 Å². The molecule has 12 heteroatoms. The van der Waals surface area contributed by atoms with Crippen LogP contribution in [0.5, 0.6) is 0 Å². The molecule has 0 saturated heterocycles. The van der Waals surface area contributed by atoms with Gasteiger partial charge >= 0.3 is 23.9 Å². The third-order valence-corrected chi connectivity index (χ3v) is 3.37. The predicted octanol–water partition coefficient (Wildman–Crippen LogP) is 0.767. The zero-order valence-electron chi connectivity index (χ0n) is 18.7. The van der Waals surface area contributed by atoms with Crippen LogP contribution in [0.4, 0.5) is 0 Å². The lowest BCUT2D eigenvalue weighted by Gasteiger charge is -2.16. The molecule has 0 aliphatic heterocycles. The smallest absolute Gasteiger partial charge is 0.335 e. The summed E-state index contributed by atoms with van der Waals surface area (Å²) < 4.78 is 0. The number of carboxylic acid groups (broad SMARTS) is 4. The van der Waals surface area contributed by atoms with Gasteiger partial charge < -0.3 is 40.9 Å². The fourth-order valence-electron chi connectivity index (χ4n) is 1.36. The minimum atomic E-state index is -1.06. The highest BCUT2D eigenvalue weighted by atomic mass is 16.4. The average molecular weight is 478 g/mol. The maximum atomic E-state index is 10.3. The van der Waals surface area contributed by atoms with Crippen LogP contribution >= 0.6 is 0 Å². The van der Waals surface area contributed by atoms with E-state index in [2.05, 4.69) is 0 Å². The van der Waals surface area contributed by atoms with Gasteiger partial charge in [0.2, 0.25) is 0 Å². The number of hydrogen-bond donors (Lipinski definition) is 8. The van der Waals surface area contributed by atoms with Crippen molar-refractivity contribution in [3.63, 3.8) is 0 Å². The van der Waals surface area contributed by atoms with Crippen molar-refractivity contribution in [1.82, 2.24) is 0 Å². The number of unbranched alkanes of at least 4 members (excludes halogenated alkanes) is 1. The standard InChI is InChI=1S/C8H6O4.C6H10O4.C5H12O2.C2H6O2/c9-7(10)5-1-2-6(4-3-5)8(11)12;7-5(8)3-1-2-4-6(9)10;1-5(2,3-6)4-7;3-1-2-4/h1-4H,(H,9,10)(H,11,12);1-4H2,(H,7,8)(H,9,10);6-7H,3-4H2,1-2H3;3-4H,1-2H2. The van der Waals surface area contributed by atoms with Crippen molar-refractivity contribution in [3.05, 3.63) is 35.4 Å². The van der Waals surface area contributed by atoms with Crippen LogP contribution in [0.1, 0.15) is 60.2 Å². The zero-order chi connectivity index (χ0) is 26.4. The summed E-state index contributed by atoms with van der Waals surface area (Å²) >= 11 is 0. The molecule has 190 valence electrons. The first-order valence-corrected chi connectivity index (χ1v) is 9.71. The molecule has 0 aliphatic carbocycles. The van der Waals surface area contributed by atoms with Gasteiger partial charge in [0.25, 0.3) is 0 Å². The van der Waals surface area contributed by atoms with Crippen LogP contribution in [0.3, 0.4) is 0 Å². The van der Waals surface area contributed by atoms with Crippen molar-refractivity contribution in [2.45, 2.75) is 39.5 Å². The van der Waals surface area contributed by atoms with Gasteiger partial charge in [-0.05, 0) is 37.1 Å². The molecule has 0 aromatic heterocycles. The molecule has 1 aromatic carbocycles. The first kappa shape index (κ1) is 34.6. The fourth-order valence-corrected chi connectivity index (χ4v) is 1.36. The van der Waals surface area contributed by atoms with Crippen molar-refractivity contribution < 1.29 is 60.0 Å². The molecular formula is C21H34O12. The highest BCUT2D eigenvalue weighted by molar-refractivity contribution is 5.91. The predicted molar refractivity (Wildman–Crippen MR) is 116 cm³/mol. The molecule has 0 radical (unpaired) electrons. The van der Waals surface area contributed by atoms with Gasteiger partial charge in [-0.1, -0.05) is 13.8 Å². The van der Waals surface area contributed by atoms with E-state index >= 15 is 0 Å². The van der Waals surface area contributed by atoms with Crippen LogP contribution in [0, 0.1) is 5.41 Å². The molecular weight excluding hydrogens is 444 g/mol. The molecule has 8 N–H and O–H groups in total. The summed E-state index contributed by atoms with van der Waals surface area (Å²) in [5.74, 6) is -3.87. The molecule has 33 heavy (non-hydrogen) atoms. The molecule has 0 bridgehead atoms. The number of carboxylic acids is 4. The van der Waals surface area contributed by atoms with Gasteiger partial charge in [-0.15, -0.1) is 0 Å². The highest BCUT2D eigenvalue weighted by Crippen LogP contribution is 2.10. The van der Waals surface area contributed by atoms with Crippen molar-refractivity contribution in [3.8, 4) is 0 Å². The van der Waals surface area contributed by atoms with Crippen molar-refractivity contribution >= 4 is 23.9 Å². The van der Waals surface area contributed by atoms with Crippen LogP contribution in [0.15, 0.2) is 24.3 Å². The van der Waals surface area contributed by atoms with Crippen molar-refractivity contribution in [2.24, 2.45) is 5.41 Å². The van der Waals surface area contributed by atoms with E-state index in [1.165, 1.54) is 24.3 Å². The molecule has 12 nitrogen and oxygen atoms in total. The first-order valence-electron chi connectivity index (χ1n) is 9.71. The second-order valence-electron chi connectivity index (χ2n) is 7.11. The average Bonchev–Trinajstić information content (AvgIpc) is 2.77. The van der Waals surface area contributed by atoms with Gasteiger partial charge in [0.15, 0.2) is 0 Å². The number of rotatable bonds is 10. The van der Waals surface area contributed by atoms with Gasteiger partial charge in [-0.2, -0.15) is 0 Å². The number of benzene rings is 1. The Bertz CT molecular complexity index is 626. The summed E-state index contributed by atoms with van der Waals surface area (Å²) in [7, 11) is 0. The lowest BCUT2D eigenvalue weighted by Crippen LogP contribution is -2.20. The number of aliphatic hydroxyl groups is 4. The van der Waals surface area contributed by atoms with Gasteiger partial charge in [0.05, 0.1) is 37.6 Å². The summed E-state index contributed by atoms with van der Waals surface area (Å²) in [4.78, 5) is 40.5. The molecule has 0 saturated carbocycles. The summed E-state index contributed by atoms with van der Waals surface area (Å²) in [6, 6.07) is 5.02. The van der Waals surface area contributed by atoms with E-state index in [1.54, 1.807) is 13.8 Å². The Morgan fingerprint density at radius 3 is 1.03 bits per heavy atom. The second kappa shape index (κ2) is 20.8. The molecule has 0 unspecified atom stereocenters. The molecule has 0 aliphatic rings. The summed E-state index contributed by atoms with van der Waals surface area (Å²) in [5.41, 5.74) is -0.139. The normalized spacial score (nSPS) is 9.64. The Kier molecular flexibility index (Phi) is 21.8. The Morgan fingerprint density at radius 1 is 0.636 bits per heavy atom. The Hall–Kier alpha value is -3.06. The van der Waals surface area contributed by atoms with Gasteiger partial charge in [0, 0.05) is 18.3 Å². The number of carbonyl (C=O) groups is 4. The van der Waals surface area contributed by atoms with Crippen molar-refractivity contribution in [1.29, 1.82) is 0 Å². The molecule has 0 heterocycles. The quantitative estimate of drug-likeness (QED) is 0.218. The Labute approximate surface area is 191 Å². The van der Waals surface area contributed by atoms with E-state index in [9.17, 15) is 19.2 Å². The van der Waals surface area contributed by atoms with Gasteiger partial charge in [0.1, 0.15) is 0 Å². The molecule has 1 aromatic rings. The fraction of sp³-hybridized carbons (Fsp3) is 0.524. The third kappa shape index (κ3) is 25.1. The molecule has 0 fully saturated rings. The molecule has 0 amide bonds. The van der Waals surface area contributed by atoms with Crippen LogP contribution in [-0.4, -0.2) is 91.2 Å². The van der Waals surface area contributed by atoms with Gasteiger partial charge in [-0.3, -0.25) is 9.59 Å². The van der Waals surface area contributed by atoms with Crippen LogP contribution < -0.4 is 0 Å². The maximum Gasteiger partial charge on any atom is 0.335 e. The second-order valence-corrected chi connectivity index (χ2v) is 7.11. The van der Waals surface area contributed by atoms with Crippen LogP contribution in [-0.2, 0) is 9.59 Å². The largest absolute Gasteiger partial charge is 0.481 e. The molecule has 0 spiro atoms. The summed E-state index contributed by atoms with van der Waals surface area (Å²) in [5, 5.41) is 65.3. The summed E-state index contributed by atoms with van der Waals surface area (Å²) in [6.07, 6.45) is 1.02. The van der Waals surface area contributed by atoms with E-state index in [1.807, 2.05) is 0 Å². The van der Waals surface area contributed by atoms with E-state index in [-0.39, 0.29) is 55.8 Å². The molecule has 0 atom stereocenters. The first-order chi connectivity index (χ1) is 15.3. The Morgan fingerprint density at radius 2 is 0.909 bits per heavy atom. The monoisotopic (exact) mass is 478 g/mol. The lowest BCUT2D eigenvalue weighted by atomic mass is 9.97. The number of hydrogen-bond acceptors (Lipinski definition) is 8. The van der Waals surface area contributed by atoms with Crippen LogP contribution in [0.25, 0.3) is 0 Å². The minimum Gasteiger partial charge on any atom is -0.481 e. The van der Waals surface area contributed by atoms with E-state index in [4.69, 9.17) is 40.9 Å². The van der Waals surface area contributed by atoms with E-state index in [0.29, 0.717) is 12.8 Å². The van der Waals surface area contributed by atoms with Crippen LogP contribution in [0.2, 0.25) is 0 Å². The van der Waals surface area contributed by atoms with Gasteiger partial charge in [-0.25, -0.2) is 9.59 Å². The lowest BCUT2D eigenvalue weighted by molar-refractivity contribution is -0.139.